The lowest BCUT2D eigenvalue weighted by atomic mass is 10.1. The zero-order chi connectivity index (χ0) is 16.9. The Bertz CT molecular complexity index is 1050. The number of aromatic nitrogens is 3. The van der Waals surface area contributed by atoms with Crippen LogP contribution in [-0.2, 0) is 6.18 Å². The van der Waals surface area contributed by atoms with E-state index in [9.17, 15) is 13.2 Å². The first kappa shape index (κ1) is 14.7. The second kappa shape index (κ2) is 5.06. The lowest BCUT2D eigenvalue weighted by molar-refractivity contribution is -0.137. The Kier molecular flexibility index (Phi) is 3.09. The van der Waals surface area contributed by atoms with Gasteiger partial charge in [0.2, 0.25) is 0 Å². The van der Waals surface area contributed by atoms with Gasteiger partial charge in [-0.05, 0) is 31.2 Å². The Hall–Kier alpha value is -2.89. The van der Waals surface area contributed by atoms with Crippen molar-refractivity contribution in [2.45, 2.75) is 13.1 Å². The van der Waals surface area contributed by atoms with Crippen LogP contribution < -0.4 is 0 Å². The molecule has 3 nitrogen and oxygen atoms in total. The molecular weight excluding hydrogens is 315 g/mol. The van der Waals surface area contributed by atoms with Crippen molar-refractivity contribution in [2.24, 2.45) is 0 Å². The van der Waals surface area contributed by atoms with E-state index in [0.717, 1.165) is 34.2 Å². The van der Waals surface area contributed by atoms with E-state index in [1.807, 2.05) is 37.3 Å². The molecule has 4 aromatic rings. The van der Waals surface area contributed by atoms with Crippen molar-refractivity contribution in [1.82, 2.24) is 14.6 Å². The molecule has 0 saturated carbocycles. The van der Waals surface area contributed by atoms with Crippen molar-refractivity contribution >= 4 is 16.4 Å². The molecule has 0 aliphatic heterocycles. The Balaban J connectivity index is 1.98. The number of benzene rings is 2. The fourth-order valence-electron chi connectivity index (χ4n) is 2.80. The van der Waals surface area contributed by atoms with Crippen LogP contribution in [0.2, 0.25) is 0 Å². The van der Waals surface area contributed by atoms with Crippen molar-refractivity contribution < 1.29 is 13.2 Å². The molecule has 24 heavy (non-hydrogen) atoms. The SMILES string of the molecule is Cc1cc2c3ccccc3nc(-c3ccc(C(F)(F)F)cc3)n2n1. The quantitative estimate of drug-likeness (QED) is 0.499. The average Bonchev–Trinajstić information content (AvgIpc) is 2.95. The van der Waals surface area contributed by atoms with Crippen LogP contribution in [0.3, 0.4) is 0 Å². The summed E-state index contributed by atoms with van der Waals surface area (Å²) in [5.41, 5.74) is 2.39. The first-order valence-corrected chi connectivity index (χ1v) is 7.36. The van der Waals surface area contributed by atoms with Crippen molar-refractivity contribution in [2.75, 3.05) is 0 Å². The maximum Gasteiger partial charge on any atom is 0.416 e. The summed E-state index contributed by atoms with van der Waals surface area (Å²) in [5, 5.41) is 5.40. The molecule has 6 heteroatoms. The second-order valence-corrected chi connectivity index (χ2v) is 5.61. The molecule has 0 saturated heterocycles. The normalized spacial score (nSPS) is 12.2. The number of para-hydroxylation sites is 1. The van der Waals surface area contributed by atoms with E-state index in [0.29, 0.717) is 11.4 Å². The van der Waals surface area contributed by atoms with Crippen LogP contribution in [0.4, 0.5) is 13.2 Å². The summed E-state index contributed by atoms with van der Waals surface area (Å²) in [5.74, 6) is 0.519. The molecule has 0 aliphatic rings. The van der Waals surface area contributed by atoms with Crippen LogP contribution in [0.5, 0.6) is 0 Å². The van der Waals surface area contributed by atoms with Gasteiger partial charge in [0.05, 0.1) is 22.3 Å². The number of halogens is 3. The lowest BCUT2D eigenvalue weighted by Crippen LogP contribution is -2.05. The molecule has 2 aromatic carbocycles. The van der Waals surface area contributed by atoms with E-state index < -0.39 is 11.7 Å². The molecule has 0 aliphatic carbocycles. The standard InChI is InChI=1S/C18H12F3N3/c1-11-10-16-14-4-2-3-5-15(14)22-17(24(16)23-11)12-6-8-13(9-7-12)18(19,20)21/h2-10H,1H3. The summed E-state index contributed by atoms with van der Waals surface area (Å²) in [6.45, 7) is 1.87. The highest BCUT2D eigenvalue weighted by molar-refractivity contribution is 5.95. The fraction of sp³-hybridized carbons (Fsp3) is 0.111. The highest BCUT2D eigenvalue weighted by atomic mass is 19.4. The highest BCUT2D eigenvalue weighted by Gasteiger charge is 2.30. The minimum Gasteiger partial charge on any atom is -0.228 e. The molecule has 2 heterocycles. The van der Waals surface area contributed by atoms with E-state index in [2.05, 4.69) is 10.1 Å². The molecule has 120 valence electrons. The Morgan fingerprint density at radius 2 is 1.67 bits per heavy atom. The third-order valence-corrected chi connectivity index (χ3v) is 3.91. The summed E-state index contributed by atoms with van der Waals surface area (Å²) in [6, 6.07) is 14.6. The number of hydrogen-bond acceptors (Lipinski definition) is 2. The van der Waals surface area contributed by atoms with E-state index in [-0.39, 0.29) is 0 Å². The molecule has 0 amide bonds. The van der Waals surface area contributed by atoms with Gasteiger partial charge in [0.15, 0.2) is 5.82 Å². The van der Waals surface area contributed by atoms with Gasteiger partial charge in [0, 0.05) is 10.9 Å². The van der Waals surface area contributed by atoms with Gasteiger partial charge in [-0.25, -0.2) is 9.50 Å². The number of alkyl halides is 3. The van der Waals surface area contributed by atoms with Crippen LogP contribution in [0, 0.1) is 6.92 Å². The minimum absolute atomic E-state index is 0.519. The molecular formula is C18H12F3N3. The number of hydrogen-bond donors (Lipinski definition) is 0. The molecule has 0 atom stereocenters. The molecule has 0 spiro atoms. The van der Waals surface area contributed by atoms with Crippen LogP contribution in [0.25, 0.3) is 27.8 Å². The second-order valence-electron chi connectivity index (χ2n) is 5.61. The van der Waals surface area contributed by atoms with Gasteiger partial charge in [-0.2, -0.15) is 18.3 Å². The van der Waals surface area contributed by atoms with E-state index in [4.69, 9.17) is 0 Å². The van der Waals surface area contributed by atoms with E-state index in [1.54, 1.807) is 4.52 Å². The lowest BCUT2D eigenvalue weighted by Gasteiger charge is -2.10. The maximum atomic E-state index is 12.8. The third-order valence-electron chi connectivity index (χ3n) is 3.91. The van der Waals surface area contributed by atoms with Gasteiger partial charge in [0.25, 0.3) is 0 Å². The van der Waals surface area contributed by atoms with Crippen molar-refractivity contribution in [1.29, 1.82) is 0 Å². The van der Waals surface area contributed by atoms with Crippen LogP contribution in [-0.4, -0.2) is 14.6 Å². The summed E-state index contributed by atoms with van der Waals surface area (Å²) >= 11 is 0. The first-order chi connectivity index (χ1) is 11.4. The average molecular weight is 327 g/mol. The third kappa shape index (κ3) is 2.31. The number of rotatable bonds is 1. The Morgan fingerprint density at radius 3 is 2.38 bits per heavy atom. The number of aryl methyl sites for hydroxylation is 1. The van der Waals surface area contributed by atoms with Gasteiger partial charge >= 0.3 is 6.18 Å². The predicted octanol–water partition coefficient (Wildman–Crippen LogP) is 4.88. The molecule has 0 N–H and O–H groups in total. The molecule has 2 aromatic heterocycles. The monoisotopic (exact) mass is 327 g/mol. The van der Waals surface area contributed by atoms with Gasteiger partial charge in [0.1, 0.15) is 0 Å². The largest absolute Gasteiger partial charge is 0.416 e. The fourth-order valence-corrected chi connectivity index (χ4v) is 2.80. The van der Waals surface area contributed by atoms with Crippen LogP contribution in [0.1, 0.15) is 11.3 Å². The Labute approximate surface area is 135 Å². The highest BCUT2D eigenvalue weighted by Crippen LogP contribution is 2.31. The smallest absolute Gasteiger partial charge is 0.228 e. The van der Waals surface area contributed by atoms with E-state index in [1.165, 1.54) is 12.1 Å². The zero-order valence-corrected chi connectivity index (χ0v) is 12.7. The maximum absolute atomic E-state index is 12.8. The summed E-state index contributed by atoms with van der Waals surface area (Å²) in [4.78, 5) is 4.60. The number of nitrogens with zero attached hydrogens (tertiary/aromatic N) is 3. The molecule has 4 rings (SSSR count). The van der Waals surface area contributed by atoms with Crippen molar-refractivity contribution in [3.05, 3.63) is 65.9 Å². The van der Waals surface area contributed by atoms with Gasteiger partial charge in [-0.15, -0.1) is 0 Å². The summed E-state index contributed by atoms with van der Waals surface area (Å²) in [7, 11) is 0. The van der Waals surface area contributed by atoms with Crippen LogP contribution in [0.15, 0.2) is 54.6 Å². The van der Waals surface area contributed by atoms with Crippen molar-refractivity contribution in [3.63, 3.8) is 0 Å². The zero-order valence-electron chi connectivity index (χ0n) is 12.7. The van der Waals surface area contributed by atoms with Crippen LogP contribution >= 0.6 is 0 Å². The Morgan fingerprint density at radius 1 is 0.958 bits per heavy atom. The van der Waals surface area contributed by atoms with Gasteiger partial charge < -0.3 is 0 Å². The summed E-state index contributed by atoms with van der Waals surface area (Å²) < 4.78 is 39.9. The summed E-state index contributed by atoms with van der Waals surface area (Å²) in [6.07, 6.45) is -4.35. The van der Waals surface area contributed by atoms with Crippen molar-refractivity contribution in [3.8, 4) is 11.4 Å². The topological polar surface area (TPSA) is 30.2 Å². The van der Waals surface area contributed by atoms with E-state index >= 15 is 0 Å². The molecule has 0 unspecified atom stereocenters. The van der Waals surface area contributed by atoms with Gasteiger partial charge in [-0.3, -0.25) is 0 Å². The molecule has 0 fully saturated rings. The minimum atomic E-state index is -4.35. The molecule has 0 radical (unpaired) electrons. The predicted molar refractivity (Wildman–Crippen MR) is 85.7 cm³/mol. The number of fused-ring (bicyclic) bond motifs is 3. The molecule has 0 bridgehead atoms. The first-order valence-electron chi connectivity index (χ1n) is 7.36. The van der Waals surface area contributed by atoms with Gasteiger partial charge in [-0.1, -0.05) is 30.3 Å².